The topological polar surface area (TPSA) is 95.7 Å². The molecule has 2 heterocycles. The fraction of sp³-hybridized carbons (Fsp3) is 0.292. The normalized spacial score (nSPS) is 13.9. The predicted octanol–water partition coefficient (Wildman–Crippen LogP) is 3.02. The molecule has 3 N–H and O–H groups in total. The van der Waals surface area contributed by atoms with Gasteiger partial charge in [-0.1, -0.05) is 30.3 Å². The Morgan fingerprint density at radius 2 is 1.72 bits per heavy atom. The van der Waals surface area contributed by atoms with E-state index < -0.39 is 5.91 Å². The number of amides is 4. The molecular weight excluding hydrogens is 424 g/mol. The molecule has 166 valence electrons. The van der Waals surface area contributed by atoms with Crippen LogP contribution in [0.25, 0.3) is 10.1 Å². The van der Waals surface area contributed by atoms with Crippen LogP contribution >= 0.6 is 11.3 Å². The summed E-state index contributed by atoms with van der Waals surface area (Å²) in [7, 11) is 0. The average Bonchev–Trinajstić information content (AvgIpc) is 3.15. The molecule has 7 nitrogen and oxygen atoms in total. The third-order valence-electron chi connectivity index (χ3n) is 5.79. The quantitative estimate of drug-likeness (QED) is 0.625. The number of benzene rings is 2. The lowest BCUT2D eigenvalue weighted by Crippen LogP contribution is -2.53. The summed E-state index contributed by atoms with van der Waals surface area (Å²) in [4.78, 5) is 41.2. The van der Waals surface area contributed by atoms with E-state index in [2.05, 4.69) is 5.32 Å². The lowest BCUT2D eigenvalue weighted by molar-refractivity contribution is 0.0669. The van der Waals surface area contributed by atoms with Crippen molar-refractivity contribution in [2.45, 2.75) is 13.3 Å². The number of hydrogen-bond acceptors (Lipinski definition) is 4. The van der Waals surface area contributed by atoms with Crippen LogP contribution in [0.2, 0.25) is 0 Å². The van der Waals surface area contributed by atoms with Crippen molar-refractivity contribution in [1.82, 2.24) is 15.1 Å². The van der Waals surface area contributed by atoms with Gasteiger partial charge in [0.2, 0.25) is 5.91 Å². The highest BCUT2D eigenvalue weighted by Gasteiger charge is 2.27. The molecule has 0 bridgehead atoms. The van der Waals surface area contributed by atoms with E-state index >= 15 is 0 Å². The summed E-state index contributed by atoms with van der Waals surface area (Å²) in [6, 6.07) is 15.0. The van der Waals surface area contributed by atoms with E-state index in [-0.39, 0.29) is 11.9 Å². The van der Waals surface area contributed by atoms with Crippen molar-refractivity contribution in [2.75, 3.05) is 32.7 Å². The number of aryl methyl sites for hydroxylation is 1. The van der Waals surface area contributed by atoms with Crippen molar-refractivity contribution < 1.29 is 14.4 Å². The summed E-state index contributed by atoms with van der Waals surface area (Å²) >= 11 is 1.53. The minimum Gasteiger partial charge on any atom is -0.366 e. The Bertz CT molecular complexity index is 1170. The first kappa shape index (κ1) is 21.8. The molecule has 0 radical (unpaired) electrons. The standard InChI is InChI=1S/C24H26N4O3S/c1-16-19-7-2-3-8-20(19)32-21(16)23(30)27-11-13-28(14-12-27)24(31)26-10-9-17-5-4-6-18(15-17)22(25)29/h2-8,15H,9-14H2,1H3,(H2,25,29)(H,26,31). The molecule has 2 aromatic carbocycles. The van der Waals surface area contributed by atoms with E-state index in [1.807, 2.05) is 42.2 Å². The number of carbonyl (C=O) groups excluding carboxylic acids is 3. The fourth-order valence-corrected chi connectivity index (χ4v) is 5.12. The zero-order chi connectivity index (χ0) is 22.7. The van der Waals surface area contributed by atoms with Crippen LogP contribution in [-0.4, -0.2) is 60.4 Å². The van der Waals surface area contributed by atoms with Gasteiger partial charge in [-0.05, 0) is 48.1 Å². The summed E-state index contributed by atoms with van der Waals surface area (Å²) in [5.74, 6) is -0.424. The maximum Gasteiger partial charge on any atom is 0.317 e. The lowest BCUT2D eigenvalue weighted by Gasteiger charge is -2.34. The van der Waals surface area contributed by atoms with Gasteiger partial charge in [-0.3, -0.25) is 9.59 Å². The van der Waals surface area contributed by atoms with Crippen LogP contribution < -0.4 is 11.1 Å². The number of rotatable bonds is 5. The number of hydrogen-bond donors (Lipinski definition) is 2. The molecule has 1 fully saturated rings. The first-order valence-corrected chi connectivity index (χ1v) is 11.4. The molecule has 4 rings (SSSR count). The molecule has 8 heteroatoms. The maximum atomic E-state index is 13.1. The summed E-state index contributed by atoms with van der Waals surface area (Å²) in [6.45, 7) is 4.48. The van der Waals surface area contributed by atoms with Crippen molar-refractivity contribution in [1.29, 1.82) is 0 Å². The number of nitrogens with zero attached hydrogens (tertiary/aromatic N) is 2. The van der Waals surface area contributed by atoms with Gasteiger partial charge < -0.3 is 20.9 Å². The number of carbonyl (C=O) groups is 3. The molecule has 0 unspecified atom stereocenters. The van der Waals surface area contributed by atoms with Crippen LogP contribution in [0.1, 0.15) is 31.2 Å². The maximum absolute atomic E-state index is 13.1. The molecule has 0 spiro atoms. The Morgan fingerprint density at radius 1 is 1.00 bits per heavy atom. The minimum atomic E-state index is -0.464. The van der Waals surface area contributed by atoms with Crippen molar-refractivity contribution >= 4 is 39.3 Å². The highest BCUT2D eigenvalue weighted by molar-refractivity contribution is 7.21. The number of nitrogens with one attached hydrogen (secondary N) is 1. The first-order valence-electron chi connectivity index (χ1n) is 10.6. The van der Waals surface area contributed by atoms with Gasteiger partial charge in [0.15, 0.2) is 0 Å². The Morgan fingerprint density at radius 3 is 2.44 bits per heavy atom. The van der Waals surface area contributed by atoms with Crippen LogP contribution in [0.15, 0.2) is 48.5 Å². The van der Waals surface area contributed by atoms with Crippen LogP contribution in [0.3, 0.4) is 0 Å². The fourth-order valence-electron chi connectivity index (χ4n) is 3.94. The first-order chi connectivity index (χ1) is 15.4. The SMILES string of the molecule is Cc1c(C(=O)N2CCN(C(=O)NCCc3cccc(C(N)=O)c3)CC2)sc2ccccc12. The molecule has 1 aliphatic heterocycles. The number of urea groups is 1. The van der Waals surface area contributed by atoms with Gasteiger partial charge in [-0.25, -0.2) is 4.79 Å². The van der Waals surface area contributed by atoms with E-state index in [1.54, 1.807) is 23.1 Å². The second kappa shape index (κ2) is 9.40. The Hall–Kier alpha value is -3.39. The summed E-state index contributed by atoms with van der Waals surface area (Å²) in [6.07, 6.45) is 0.608. The smallest absolute Gasteiger partial charge is 0.317 e. The lowest BCUT2D eigenvalue weighted by atomic mass is 10.1. The van der Waals surface area contributed by atoms with E-state index in [0.29, 0.717) is 44.7 Å². The highest BCUT2D eigenvalue weighted by Crippen LogP contribution is 2.31. The average molecular weight is 451 g/mol. The summed E-state index contributed by atoms with van der Waals surface area (Å²) in [5, 5.41) is 4.05. The van der Waals surface area contributed by atoms with Gasteiger partial charge >= 0.3 is 6.03 Å². The number of fused-ring (bicyclic) bond motifs is 1. The van der Waals surface area contributed by atoms with Crippen LogP contribution in [0.4, 0.5) is 4.79 Å². The molecule has 1 aliphatic rings. The Kier molecular flexibility index (Phi) is 6.41. The molecular formula is C24H26N4O3S. The third-order valence-corrected chi connectivity index (χ3v) is 7.05. The zero-order valence-electron chi connectivity index (χ0n) is 18.0. The number of piperazine rings is 1. The minimum absolute atomic E-state index is 0.0399. The second-order valence-corrected chi connectivity index (χ2v) is 8.93. The van der Waals surface area contributed by atoms with Crippen molar-refractivity contribution in [3.63, 3.8) is 0 Å². The molecule has 32 heavy (non-hydrogen) atoms. The third kappa shape index (κ3) is 4.60. The van der Waals surface area contributed by atoms with Gasteiger partial charge in [0.1, 0.15) is 0 Å². The largest absolute Gasteiger partial charge is 0.366 e. The zero-order valence-corrected chi connectivity index (χ0v) is 18.8. The van der Waals surface area contributed by atoms with E-state index in [1.165, 1.54) is 11.3 Å². The molecule has 3 aromatic rings. The summed E-state index contributed by atoms with van der Waals surface area (Å²) < 4.78 is 1.12. The van der Waals surface area contributed by atoms with E-state index in [4.69, 9.17) is 5.73 Å². The number of thiophene rings is 1. The Balaban J connectivity index is 1.28. The van der Waals surface area contributed by atoms with Crippen LogP contribution in [-0.2, 0) is 6.42 Å². The molecule has 0 saturated carbocycles. The van der Waals surface area contributed by atoms with E-state index in [0.717, 1.165) is 26.1 Å². The van der Waals surface area contributed by atoms with Gasteiger partial charge in [0, 0.05) is 43.0 Å². The van der Waals surface area contributed by atoms with Crippen molar-refractivity contribution in [3.8, 4) is 0 Å². The second-order valence-electron chi connectivity index (χ2n) is 7.88. The van der Waals surface area contributed by atoms with Crippen molar-refractivity contribution in [3.05, 3.63) is 70.1 Å². The van der Waals surface area contributed by atoms with Gasteiger partial charge in [0.25, 0.3) is 5.91 Å². The molecule has 0 aliphatic carbocycles. The Labute approximate surface area is 190 Å². The van der Waals surface area contributed by atoms with Gasteiger partial charge in [0.05, 0.1) is 4.88 Å². The summed E-state index contributed by atoms with van der Waals surface area (Å²) in [5.41, 5.74) is 7.74. The van der Waals surface area contributed by atoms with Gasteiger partial charge in [-0.15, -0.1) is 11.3 Å². The molecule has 1 aromatic heterocycles. The predicted molar refractivity (Wildman–Crippen MR) is 126 cm³/mol. The molecule has 1 saturated heterocycles. The van der Waals surface area contributed by atoms with Crippen molar-refractivity contribution in [2.24, 2.45) is 5.73 Å². The monoisotopic (exact) mass is 450 g/mol. The molecule has 4 amide bonds. The van der Waals surface area contributed by atoms with Crippen LogP contribution in [0.5, 0.6) is 0 Å². The van der Waals surface area contributed by atoms with Crippen LogP contribution in [0, 0.1) is 6.92 Å². The number of nitrogens with two attached hydrogens (primary N) is 1. The highest BCUT2D eigenvalue weighted by atomic mass is 32.1. The van der Waals surface area contributed by atoms with Gasteiger partial charge in [-0.2, -0.15) is 0 Å². The van der Waals surface area contributed by atoms with E-state index in [9.17, 15) is 14.4 Å². The number of primary amides is 1. The molecule has 0 atom stereocenters.